The highest BCUT2D eigenvalue weighted by Gasteiger charge is 2.27. The molecule has 2 heterocycles. The summed E-state index contributed by atoms with van der Waals surface area (Å²) >= 11 is 0. The van der Waals surface area contributed by atoms with Crippen LogP contribution in [0.2, 0.25) is 0 Å². The van der Waals surface area contributed by atoms with Crippen LogP contribution in [0, 0.1) is 5.82 Å². The Balaban J connectivity index is 1.66. The summed E-state index contributed by atoms with van der Waals surface area (Å²) in [5, 5.41) is 0. The van der Waals surface area contributed by atoms with Crippen LogP contribution < -0.4 is 4.74 Å². The predicted molar refractivity (Wildman–Crippen MR) is 90.4 cm³/mol. The van der Waals surface area contributed by atoms with E-state index in [9.17, 15) is 4.39 Å². The third-order valence-corrected chi connectivity index (χ3v) is 4.58. The first kappa shape index (κ1) is 16.9. The molecule has 5 heteroatoms. The standard InChI is InChI=1S/C19H23FN2O2/c1-22(13-15-4-3-10-21-19(15)23-2)17-9-11-24-18(12-17)14-5-7-16(20)8-6-14/h3-8,10,17-18H,9,11-13H2,1-2H3/t17-,18-/m0/s1. The van der Waals surface area contributed by atoms with Crippen LogP contribution in [-0.4, -0.2) is 36.7 Å². The molecule has 1 aliphatic heterocycles. The van der Waals surface area contributed by atoms with Crippen LogP contribution in [0.15, 0.2) is 42.6 Å². The van der Waals surface area contributed by atoms with Crippen molar-refractivity contribution in [3.63, 3.8) is 0 Å². The maximum atomic E-state index is 13.1. The third kappa shape index (κ3) is 3.91. The monoisotopic (exact) mass is 330 g/mol. The van der Waals surface area contributed by atoms with E-state index < -0.39 is 0 Å². The Morgan fingerprint density at radius 2 is 2.08 bits per heavy atom. The van der Waals surface area contributed by atoms with Crippen molar-refractivity contribution < 1.29 is 13.9 Å². The molecule has 4 nitrogen and oxygen atoms in total. The molecular weight excluding hydrogens is 307 g/mol. The summed E-state index contributed by atoms with van der Waals surface area (Å²) < 4.78 is 24.3. The van der Waals surface area contributed by atoms with Crippen molar-refractivity contribution in [3.8, 4) is 5.88 Å². The molecule has 24 heavy (non-hydrogen) atoms. The average Bonchev–Trinajstić information content (AvgIpc) is 2.63. The Morgan fingerprint density at radius 3 is 2.83 bits per heavy atom. The van der Waals surface area contributed by atoms with Gasteiger partial charge in [-0.05, 0) is 43.7 Å². The Bertz CT molecular complexity index is 663. The zero-order valence-corrected chi connectivity index (χ0v) is 14.1. The molecule has 1 aliphatic rings. The van der Waals surface area contributed by atoms with Gasteiger partial charge < -0.3 is 9.47 Å². The molecule has 2 atom stereocenters. The van der Waals surface area contributed by atoms with Crippen molar-refractivity contribution in [2.45, 2.75) is 31.5 Å². The summed E-state index contributed by atoms with van der Waals surface area (Å²) in [5.41, 5.74) is 2.11. The Hall–Kier alpha value is -1.98. The number of nitrogens with zero attached hydrogens (tertiary/aromatic N) is 2. The molecule has 2 aromatic rings. The minimum Gasteiger partial charge on any atom is -0.481 e. The van der Waals surface area contributed by atoms with E-state index in [-0.39, 0.29) is 11.9 Å². The molecule has 0 amide bonds. The van der Waals surface area contributed by atoms with Crippen molar-refractivity contribution >= 4 is 0 Å². The van der Waals surface area contributed by atoms with Gasteiger partial charge in [-0.3, -0.25) is 4.90 Å². The number of hydrogen-bond donors (Lipinski definition) is 0. The molecule has 128 valence electrons. The van der Waals surface area contributed by atoms with Crippen molar-refractivity contribution in [1.29, 1.82) is 0 Å². The molecule has 1 aromatic heterocycles. The van der Waals surface area contributed by atoms with Gasteiger partial charge >= 0.3 is 0 Å². The first-order valence-corrected chi connectivity index (χ1v) is 8.22. The molecule has 1 saturated heterocycles. The van der Waals surface area contributed by atoms with Gasteiger partial charge in [-0.25, -0.2) is 9.37 Å². The second-order valence-corrected chi connectivity index (χ2v) is 6.18. The van der Waals surface area contributed by atoms with Crippen molar-refractivity contribution in [1.82, 2.24) is 9.88 Å². The highest BCUT2D eigenvalue weighted by molar-refractivity contribution is 5.25. The van der Waals surface area contributed by atoms with Gasteiger partial charge in [0.1, 0.15) is 5.82 Å². The predicted octanol–water partition coefficient (Wildman–Crippen LogP) is 3.58. The summed E-state index contributed by atoms with van der Waals surface area (Å²) in [6.07, 6.45) is 3.63. The number of pyridine rings is 1. The number of rotatable bonds is 5. The molecule has 0 unspecified atom stereocenters. The van der Waals surface area contributed by atoms with Gasteiger partial charge in [-0.15, -0.1) is 0 Å². The van der Waals surface area contributed by atoms with Crippen LogP contribution in [-0.2, 0) is 11.3 Å². The lowest BCUT2D eigenvalue weighted by Crippen LogP contribution is -2.37. The number of methoxy groups -OCH3 is 1. The second kappa shape index (κ2) is 7.73. The van der Waals surface area contributed by atoms with Crippen LogP contribution in [0.3, 0.4) is 0 Å². The molecule has 0 radical (unpaired) electrons. The zero-order chi connectivity index (χ0) is 16.9. The molecule has 0 spiro atoms. The number of benzene rings is 1. The molecule has 0 bridgehead atoms. The van der Waals surface area contributed by atoms with Gasteiger partial charge in [0.05, 0.1) is 13.2 Å². The van der Waals surface area contributed by atoms with Gasteiger partial charge in [-0.1, -0.05) is 18.2 Å². The molecule has 0 aliphatic carbocycles. The quantitative estimate of drug-likeness (QED) is 0.839. The molecular formula is C19H23FN2O2. The molecule has 3 rings (SSSR count). The average molecular weight is 330 g/mol. The van der Waals surface area contributed by atoms with Crippen molar-refractivity contribution in [3.05, 3.63) is 59.5 Å². The van der Waals surface area contributed by atoms with Crippen LogP contribution in [0.5, 0.6) is 5.88 Å². The summed E-state index contributed by atoms with van der Waals surface area (Å²) in [4.78, 5) is 6.58. The Morgan fingerprint density at radius 1 is 1.29 bits per heavy atom. The van der Waals surface area contributed by atoms with Crippen molar-refractivity contribution in [2.24, 2.45) is 0 Å². The van der Waals surface area contributed by atoms with E-state index in [2.05, 4.69) is 16.9 Å². The lowest BCUT2D eigenvalue weighted by Gasteiger charge is -2.35. The fourth-order valence-electron chi connectivity index (χ4n) is 3.22. The van der Waals surface area contributed by atoms with Gasteiger partial charge in [0, 0.05) is 31.0 Å². The van der Waals surface area contributed by atoms with Gasteiger partial charge in [0.25, 0.3) is 0 Å². The van der Waals surface area contributed by atoms with Crippen LogP contribution in [0.1, 0.15) is 30.1 Å². The highest BCUT2D eigenvalue weighted by atomic mass is 19.1. The number of aromatic nitrogens is 1. The molecule has 0 saturated carbocycles. The summed E-state index contributed by atoms with van der Waals surface area (Å²) in [5.74, 6) is 0.457. The molecule has 0 N–H and O–H groups in total. The lowest BCUT2D eigenvalue weighted by molar-refractivity contribution is -0.0250. The smallest absolute Gasteiger partial charge is 0.217 e. The maximum Gasteiger partial charge on any atom is 0.217 e. The lowest BCUT2D eigenvalue weighted by atomic mass is 9.96. The summed E-state index contributed by atoms with van der Waals surface area (Å²) in [6, 6.07) is 11.0. The van der Waals surface area contributed by atoms with Crippen LogP contribution in [0.25, 0.3) is 0 Å². The first-order chi connectivity index (χ1) is 11.7. The number of hydrogen-bond acceptors (Lipinski definition) is 4. The fourth-order valence-corrected chi connectivity index (χ4v) is 3.22. The van der Waals surface area contributed by atoms with Crippen LogP contribution in [0.4, 0.5) is 4.39 Å². The maximum absolute atomic E-state index is 13.1. The highest BCUT2D eigenvalue weighted by Crippen LogP contribution is 2.31. The second-order valence-electron chi connectivity index (χ2n) is 6.18. The SMILES string of the molecule is COc1ncccc1CN(C)[C@H]1CCO[C@H](c2ccc(F)cc2)C1. The minimum atomic E-state index is -0.216. The van der Waals surface area contributed by atoms with Gasteiger partial charge in [-0.2, -0.15) is 0 Å². The van der Waals surface area contributed by atoms with E-state index in [1.165, 1.54) is 12.1 Å². The van der Waals surface area contributed by atoms with E-state index in [1.54, 1.807) is 13.3 Å². The normalized spacial score (nSPS) is 21.0. The molecule has 1 fully saturated rings. The van der Waals surface area contributed by atoms with Gasteiger partial charge in [0.15, 0.2) is 0 Å². The summed E-state index contributed by atoms with van der Waals surface area (Å²) in [7, 11) is 3.76. The zero-order valence-electron chi connectivity index (χ0n) is 14.1. The Kier molecular flexibility index (Phi) is 5.43. The topological polar surface area (TPSA) is 34.6 Å². The van der Waals surface area contributed by atoms with E-state index in [0.717, 1.165) is 30.5 Å². The van der Waals surface area contributed by atoms with E-state index >= 15 is 0 Å². The number of halogens is 1. The van der Waals surface area contributed by atoms with E-state index in [0.29, 0.717) is 18.5 Å². The third-order valence-electron chi connectivity index (χ3n) is 4.58. The minimum absolute atomic E-state index is 0.0163. The Labute approximate surface area is 142 Å². The first-order valence-electron chi connectivity index (χ1n) is 8.22. The number of ether oxygens (including phenoxy) is 2. The van der Waals surface area contributed by atoms with E-state index in [4.69, 9.17) is 9.47 Å². The largest absolute Gasteiger partial charge is 0.481 e. The van der Waals surface area contributed by atoms with Crippen LogP contribution >= 0.6 is 0 Å². The van der Waals surface area contributed by atoms with E-state index in [1.807, 2.05) is 24.3 Å². The molecule has 1 aromatic carbocycles. The van der Waals surface area contributed by atoms with Gasteiger partial charge in [0.2, 0.25) is 5.88 Å². The summed E-state index contributed by atoms with van der Waals surface area (Å²) in [6.45, 7) is 1.49. The van der Waals surface area contributed by atoms with Crippen molar-refractivity contribution in [2.75, 3.05) is 20.8 Å². The fraction of sp³-hybridized carbons (Fsp3) is 0.421.